The molecule has 4 N–H and O–H groups in total. The highest BCUT2D eigenvalue weighted by molar-refractivity contribution is 6.32. The summed E-state index contributed by atoms with van der Waals surface area (Å²) in [5.74, 6) is 0.221. The van der Waals surface area contributed by atoms with Crippen LogP contribution in [0.25, 0.3) is 0 Å². The van der Waals surface area contributed by atoms with E-state index in [-0.39, 0.29) is 5.91 Å². The number of primary amides is 1. The third kappa shape index (κ3) is 4.62. The minimum Gasteiger partial charge on any atom is -0.492 e. The van der Waals surface area contributed by atoms with E-state index in [1.165, 1.54) is 6.07 Å². The SMILES string of the molecule is CCOc1ccc(NC(=O)c2cccc(NC(N)=O)c2)cc1Cl. The first kappa shape index (κ1) is 16.6. The summed E-state index contributed by atoms with van der Waals surface area (Å²) in [6, 6.07) is 10.7. The molecule has 0 fully saturated rings. The highest BCUT2D eigenvalue weighted by Crippen LogP contribution is 2.28. The summed E-state index contributed by atoms with van der Waals surface area (Å²) >= 11 is 6.08. The molecule has 0 bridgehead atoms. The predicted octanol–water partition coefficient (Wildman–Crippen LogP) is 3.48. The molecule has 7 heteroatoms. The van der Waals surface area contributed by atoms with Gasteiger partial charge in [-0.2, -0.15) is 0 Å². The van der Waals surface area contributed by atoms with Gasteiger partial charge in [-0.15, -0.1) is 0 Å². The summed E-state index contributed by atoms with van der Waals surface area (Å²) < 4.78 is 5.34. The fourth-order valence-corrected chi connectivity index (χ4v) is 2.17. The smallest absolute Gasteiger partial charge is 0.316 e. The van der Waals surface area contributed by atoms with E-state index >= 15 is 0 Å². The Morgan fingerprint density at radius 3 is 2.52 bits per heavy atom. The molecule has 0 radical (unpaired) electrons. The van der Waals surface area contributed by atoms with Gasteiger partial charge < -0.3 is 21.1 Å². The monoisotopic (exact) mass is 333 g/mol. The predicted molar refractivity (Wildman–Crippen MR) is 90.2 cm³/mol. The normalized spacial score (nSPS) is 10.0. The van der Waals surface area contributed by atoms with Gasteiger partial charge in [0, 0.05) is 16.9 Å². The number of benzene rings is 2. The largest absolute Gasteiger partial charge is 0.492 e. The van der Waals surface area contributed by atoms with E-state index in [9.17, 15) is 9.59 Å². The van der Waals surface area contributed by atoms with Gasteiger partial charge >= 0.3 is 6.03 Å². The highest BCUT2D eigenvalue weighted by atomic mass is 35.5. The number of hydrogen-bond donors (Lipinski definition) is 3. The number of anilines is 2. The van der Waals surface area contributed by atoms with E-state index in [2.05, 4.69) is 10.6 Å². The molecule has 2 aromatic carbocycles. The third-order valence-electron chi connectivity index (χ3n) is 2.88. The van der Waals surface area contributed by atoms with Crippen molar-refractivity contribution in [1.82, 2.24) is 0 Å². The zero-order valence-corrected chi connectivity index (χ0v) is 13.2. The van der Waals surface area contributed by atoms with Crippen molar-refractivity contribution in [2.45, 2.75) is 6.92 Å². The standard InChI is InChI=1S/C16H16ClN3O3/c1-2-23-14-7-6-12(9-13(14)17)19-15(21)10-4-3-5-11(8-10)20-16(18)22/h3-9H,2H2,1H3,(H,19,21)(H3,18,20,22). The lowest BCUT2D eigenvalue weighted by molar-refractivity contribution is 0.102. The average Bonchev–Trinajstić information content (AvgIpc) is 2.50. The molecule has 0 aliphatic carbocycles. The van der Waals surface area contributed by atoms with Gasteiger partial charge in [0.1, 0.15) is 5.75 Å². The molecule has 0 aliphatic rings. The molecule has 0 saturated carbocycles. The van der Waals surface area contributed by atoms with Crippen LogP contribution in [0.4, 0.5) is 16.2 Å². The van der Waals surface area contributed by atoms with Crippen molar-refractivity contribution in [2.75, 3.05) is 17.2 Å². The second-order valence-electron chi connectivity index (χ2n) is 4.60. The number of urea groups is 1. The van der Waals surface area contributed by atoms with E-state index in [0.717, 1.165) is 0 Å². The van der Waals surface area contributed by atoms with Crippen LogP contribution in [0.15, 0.2) is 42.5 Å². The lowest BCUT2D eigenvalue weighted by Gasteiger charge is -2.10. The van der Waals surface area contributed by atoms with Crippen molar-refractivity contribution in [3.05, 3.63) is 53.1 Å². The first-order valence-electron chi connectivity index (χ1n) is 6.90. The number of nitrogens with one attached hydrogen (secondary N) is 2. The molecule has 120 valence electrons. The Morgan fingerprint density at radius 2 is 1.87 bits per heavy atom. The number of rotatable bonds is 5. The molecular weight excluding hydrogens is 318 g/mol. The first-order chi connectivity index (χ1) is 11.0. The van der Waals surface area contributed by atoms with Crippen LogP contribution in [0.3, 0.4) is 0 Å². The molecule has 0 aromatic heterocycles. The molecule has 2 aromatic rings. The zero-order valence-electron chi connectivity index (χ0n) is 12.4. The summed E-state index contributed by atoms with van der Waals surface area (Å²) in [5.41, 5.74) is 6.41. The van der Waals surface area contributed by atoms with Gasteiger partial charge in [0.15, 0.2) is 0 Å². The minimum absolute atomic E-state index is 0.335. The maximum Gasteiger partial charge on any atom is 0.316 e. The third-order valence-corrected chi connectivity index (χ3v) is 3.18. The van der Waals surface area contributed by atoms with Crippen LogP contribution in [-0.4, -0.2) is 18.5 Å². The second kappa shape index (κ2) is 7.51. The summed E-state index contributed by atoms with van der Waals surface area (Å²) in [4.78, 5) is 23.1. The van der Waals surface area contributed by atoms with Crippen LogP contribution in [-0.2, 0) is 0 Å². The number of halogens is 1. The number of carbonyl (C=O) groups is 2. The van der Waals surface area contributed by atoms with Crippen LogP contribution >= 0.6 is 11.6 Å². The Bertz CT molecular complexity index is 734. The van der Waals surface area contributed by atoms with E-state index in [0.29, 0.717) is 34.3 Å². The van der Waals surface area contributed by atoms with Crippen molar-refractivity contribution in [3.63, 3.8) is 0 Å². The second-order valence-corrected chi connectivity index (χ2v) is 5.01. The first-order valence-corrected chi connectivity index (χ1v) is 7.27. The van der Waals surface area contributed by atoms with Crippen LogP contribution in [0.1, 0.15) is 17.3 Å². The number of ether oxygens (including phenoxy) is 1. The molecule has 6 nitrogen and oxygen atoms in total. The number of amides is 3. The van der Waals surface area contributed by atoms with Crippen molar-refractivity contribution in [2.24, 2.45) is 5.73 Å². The Hall–Kier alpha value is -2.73. The molecule has 23 heavy (non-hydrogen) atoms. The fourth-order valence-electron chi connectivity index (χ4n) is 1.93. The summed E-state index contributed by atoms with van der Waals surface area (Å²) in [5, 5.41) is 5.55. The van der Waals surface area contributed by atoms with Crippen LogP contribution < -0.4 is 21.1 Å². The quantitative estimate of drug-likeness (QED) is 0.781. The van der Waals surface area contributed by atoms with Gasteiger partial charge in [-0.25, -0.2) is 4.79 Å². The Kier molecular flexibility index (Phi) is 5.43. The van der Waals surface area contributed by atoms with Crippen molar-refractivity contribution in [1.29, 1.82) is 0 Å². The molecule has 0 aliphatic heterocycles. The molecule has 0 heterocycles. The van der Waals surface area contributed by atoms with Gasteiger partial charge in [-0.1, -0.05) is 17.7 Å². The Balaban J connectivity index is 2.12. The summed E-state index contributed by atoms with van der Waals surface area (Å²) in [6.07, 6.45) is 0. The number of nitrogens with two attached hydrogens (primary N) is 1. The minimum atomic E-state index is -0.694. The molecule has 0 unspecified atom stereocenters. The molecule has 3 amide bonds. The molecule has 0 atom stereocenters. The molecule has 2 rings (SSSR count). The van der Waals surface area contributed by atoms with Crippen molar-refractivity contribution < 1.29 is 14.3 Å². The van der Waals surface area contributed by atoms with Gasteiger partial charge in [0.2, 0.25) is 0 Å². The molecular formula is C16H16ClN3O3. The lowest BCUT2D eigenvalue weighted by atomic mass is 10.2. The maximum atomic E-state index is 12.2. The van der Waals surface area contributed by atoms with Crippen LogP contribution in [0, 0.1) is 0 Å². The zero-order chi connectivity index (χ0) is 16.8. The number of hydrogen-bond acceptors (Lipinski definition) is 3. The van der Waals surface area contributed by atoms with E-state index in [4.69, 9.17) is 22.1 Å². The van der Waals surface area contributed by atoms with Gasteiger partial charge in [0.05, 0.1) is 11.6 Å². The average molecular weight is 334 g/mol. The van der Waals surface area contributed by atoms with Gasteiger partial charge in [-0.05, 0) is 43.3 Å². The fraction of sp³-hybridized carbons (Fsp3) is 0.125. The Morgan fingerprint density at radius 1 is 1.13 bits per heavy atom. The van der Waals surface area contributed by atoms with Crippen LogP contribution in [0.2, 0.25) is 5.02 Å². The van der Waals surface area contributed by atoms with Crippen molar-refractivity contribution in [3.8, 4) is 5.75 Å². The van der Waals surface area contributed by atoms with E-state index in [1.807, 2.05) is 6.92 Å². The van der Waals surface area contributed by atoms with E-state index in [1.54, 1.807) is 36.4 Å². The summed E-state index contributed by atoms with van der Waals surface area (Å²) in [6.45, 7) is 2.37. The van der Waals surface area contributed by atoms with Crippen LogP contribution in [0.5, 0.6) is 5.75 Å². The molecule has 0 spiro atoms. The lowest BCUT2D eigenvalue weighted by Crippen LogP contribution is -2.19. The highest BCUT2D eigenvalue weighted by Gasteiger charge is 2.09. The molecule has 0 saturated heterocycles. The van der Waals surface area contributed by atoms with E-state index < -0.39 is 6.03 Å². The number of carbonyl (C=O) groups excluding carboxylic acids is 2. The maximum absolute atomic E-state index is 12.2. The summed E-state index contributed by atoms with van der Waals surface area (Å²) in [7, 11) is 0. The van der Waals surface area contributed by atoms with Gasteiger partial charge in [0.25, 0.3) is 5.91 Å². The Labute approximate surface area is 138 Å². The van der Waals surface area contributed by atoms with Crippen molar-refractivity contribution >= 4 is 34.9 Å². The van der Waals surface area contributed by atoms with Gasteiger partial charge in [-0.3, -0.25) is 4.79 Å². The topological polar surface area (TPSA) is 93.4 Å².